The number of hydrogen-bond acceptors (Lipinski definition) is 3. The van der Waals surface area contributed by atoms with Crippen molar-refractivity contribution in [2.24, 2.45) is 0 Å². The molecule has 1 aromatic heterocycles. The molecule has 2 N–H and O–H groups in total. The van der Waals surface area contributed by atoms with Crippen molar-refractivity contribution in [3.05, 3.63) is 90.3 Å². The van der Waals surface area contributed by atoms with Crippen LogP contribution in [0.15, 0.2) is 78.9 Å². The van der Waals surface area contributed by atoms with Gasteiger partial charge in [0.05, 0.1) is 11.0 Å². The maximum absolute atomic E-state index is 12.5. The van der Waals surface area contributed by atoms with Crippen LogP contribution in [0.5, 0.6) is 5.75 Å². The summed E-state index contributed by atoms with van der Waals surface area (Å²) >= 11 is 0. The topological polar surface area (TPSA) is 67.0 Å². The molecular formula is C24H23N3O2. The maximum atomic E-state index is 12.5. The summed E-state index contributed by atoms with van der Waals surface area (Å²) in [5.74, 6) is 1.46. The Morgan fingerprint density at radius 2 is 1.79 bits per heavy atom. The van der Waals surface area contributed by atoms with Crippen molar-refractivity contribution in [1.29, 1.82) is 0 Å². The van der Waals surface area contributed by atoms with Crippen molar-refractivity contribution in [1.82, 2.24) is 9.97 Å². The van der Waals surface area contributed by atoms with Crippen LogP contribution in [0.2, 0.25) is 0 Å². The van der Waals surface area contributed by atoms with Crippen LogP contribution in [-0.4, -0.2) is 22.0 Å². The molecule has 1 unspecified atom stereocenters. The highest BCUT2D eigenvalue weighted by Gasteiger charge is 2.15. The number of rotatable bonds is 7. The predicted octanol–water partition coefficient (Wildman–Crippen LogP) is 4.75. The molecular weight excluding hydrogens is 362 g/mol. The Morgan fingerprint density at radius 1 is 1.00 bits per heavy atom. The molecule has 1 amide bonds. The van der Waals surface area contributed by atoms with Gasteiger partial charge in [-0.25, -0.2) is 4.98 Å². The number of para-hydroxylation sites is 3. The molecule has 0 aliphatic rings. The van der Waals surface area contributed by atoms with E-state index < -0.39 is 6.10 Å². The molecule has 4 aromatic rings. The number of carbonyl (C=O) groups is 1. The van der Waals surface area contributed by atoms with Crippen LogP contribution >= 0.6 is 0 Å². The first-order valence-electron chi connectivity index (χ1n) is 9.72. The summed E-state index contributed by atoms with van der Waals surface area (Å²) in [6, 6.07) is 25.3. The number of fused-ring (bicyclic) bond motifs is 1. The molecule has 0 saturated heterocycles. The molecule has 0 spiro atoms. The smallest absolute Gasteiger partial charge is 0.265 e. The van der Waals surface area contributed by atoms with Gasteiger partial charge in [-0.05, 0) is 55.3 Å². The quantitative estimate of drug-likeness (QED) is 0.482. The number of imidazole rings is 1. The average Bonchev–Trinajstić information content (AvgIpc) is 3.16. The van der Waals surface area contributed by atoms with E-state index in [-0.39, 0.29) is 5.91 Å². The Bertz CT molecular complexity index is 1070. The molecule has 3 aromatic carbocycles. The molecule has 0 bridgehead atoms. The van der Waals surface area contributed by atoms with Crippen LogP contribution in [-0.2, 0) is 17.6 Å². The number of hydrogen-bond donors (Lipinski definition) is 2. The van der Waals surface area contributed by atoms with Crippen LogP contribution < -0.4 is 10.1 Å². The summed E-state index contributed by atoms with van der Waals surface area (Å²) in [5, 5.41) is 2.93. The highest BCUT2D eigenvalue weighted by Crippen LogP contribution is 2.16. The number of nitrogens with one attached hydrogen (secondary N) is 2. The van der Waals surface area contributed by atoms with Crippen molar-refractivity contribution in [3.8, 4) is 5.75 Å². The SMILES string of the molecule is CC(Oc1ccccc1)C(=O)Nc1cccc(CCc2nc3ccccc3[nH]2)c1. The van der Waals surface area contributed by atoms with Gasteiger partial charge in [0, 0.05) is 12.1 Å². The second kappa shape index (κ2) is 8.61. The van der Waals surface area contributed by atoms with E-state index in [1.54, 1.807) is 6.92 Å². The Hall–Kier alpha value is -3.60. The lowest BCUT2D eigenvalue weighted by atomic mass is 10.1. The number of aryl methyl sites for hydroxylation is 2. The fourth-order valence-corrected chi connectivity index (χ4v) is 3.19. The first-order chi connectivity index (χ1) is 14.2. The lowest BCUT2D eigenvalue weighted by Crippen LogP contribution is -2.30. The van der Waals surface area contributed by atoms with E-state index in [1.807, 2.05) is 72.8 Å². The highest BCUT2D eigenvalue weighted by molar-refractivity contribution is 5.94. The first-order valence-corrected chi connectivity index (χ1v) is 9.72. The van der Waals surface area contributed by atoms with Crippen molar-refractivity contribution in [3.63, 3.8) is 0 Å². The Balaban J connectivity index is 1.36. The molecule has 29 heavy (non-hydrogen) atoms. The number of aromatic amines is 1. The Morgan fingerprint density at radius 3 is 2.62 bits per heavy atom. The van der Waals surface area contributed by atoms with Crippen LogP contribution in [0.4, 0.5) is 5.69 Å². The van der Waals surface area contributed by atoms with Crippen molar-refractivity contribution >= 4 is 22.6 Å². The second-order valence-corrected chi connectivity index (χ2v) is 6.96. The fourth-order valence-electron chi connectivity index (χ4n) is 3.19. The minimum Gasteiger partial charge on any atom is -0.481 e. The number of carbonyl (C=O) groups excluding carboxylic acids is 1. The van der Waals surface area contributed by atoms with Gasteiger partial charge in [0.15, 0.2) is 6.10 Å². The summed E-state index contributed by atoms with van der Waals surface area (Å²) in [6.45, 7) is 1.74. The first kappa shape index (κ1) is 18.7. The minimum absolute atomic E-state index is 0.178. The van der Waals surface area contributed by atoms with Crippen LogP contribution in [0, 0.1) is 0 Å². The van der Waals surface area contributed by atoms with Gasteiger partial charge in [-0.1, -0.05) is 42.5 Å². The Labute approximate surface area is 169 Å². The third-order valence-corrected chi connectivity index (χ3v) is 4.71. The summed E-state index contributed by atoms with van der Waals surface area (Å²) in [6.07, 6.45) is 1.05. The highest BCUT2D eigenvalue weighted by atomic mass is 16.5. The number of anilines is 1. The summed E-state index contributed by atoms with van der Waals surface area (Å²) in [7, 11) is 0. The van der Waals surface area contributed by atoms with E-state index in [9.17, 15) is 4.79 Å². The number of aromatic nitrogens is 2. The summed E-state index contributed by atoms with van der Waals surface area (Å²) < 4.78 is 5.69. The number of nitrogens with zero attached hydrogens (tertiary/aromatic N) is 1. The van der Waals surface area contributed by atoms with Gasteiger partial charge in [0.25, 0.3) is 5.91 Å². The van der Waals surface area contributed by atoms with E-state index in [0.29, 0.717) is 5.75 Å². The van der Waals surface area contributed by atoms with E-state index in [2.05, 4.69) is 21.4 Å². The number of amides is 1. The molecule has 1 atom stereocenters. The number of H-pyrrole nitrogens is 1. The zero-order chi connectivity index (χ0) is 20.1. The van der Waals surface area contributed by atoms with Gasteiger partial charge in [0.2, 0.25) is 0 Å². The maximum Gasteiger partial charge on any atom is 0.265 e. The second-order valence-electron chi connectivity index (χ2n) is 6.96. The van der Waals surface area contributed by atoms with Crippen LogP contribution in [0.1, 0.15) is 18.3 Å². The minimum atomic E-state index is -0.586. The van der Waals surface area contributed by atoms with Gasteiger partial charge >= 0.3 is 0 Å². The van der Waals surface area contributed by atoms with Crippen LogP contribution in [0.3, 0.4) is 0 Å². The van der Waals surface area contributed by atoms with Gasteiger partial charge in [-0.15, -0.1) is 0 Å². The monoisotopic (exact) mass is 385 g/mol. The van der Waals surface area contributed by atoms with E-state index in [1.165, 1.54) is 0 Å². The van der Waals surface area contributed by atoms with Gasteiger partial charge in [0.1, 0.15) is 11.6 Å². The van der Waals surface area contributed by atoms with Gasteiger partial charge in [-0.2, -0.15) is 0 Å². The van der Waals surface area contributed by atoms with Crippen LogP contribution in [0.25, 0.3) is 11.0 Å². The molecule has 5 nitrogen and oxygen atoms in total. The van der Waals surface area contributed by atoms with Crippen molar-refractivity contribution in [2.75, 3.05) is 5.32 Å². The molecule has 0 saturated carbocycles. The molecule has 0 radical (unpaired) electrons. The molecule has 0 aliphatic carbocycles. The third-order valence-electron chi connectivity index (χ3n) is 4.71. The van der Waals surface area contributed by atoms with Crippen molar-refractivity contribution in [2.45, 2.75) is 25.9 Å². The summed E-state index contributed by atoms with van der Waals surface area (Å²) in [5.41, 5.74) is 3.94. The number of ether oxygens (including phenoxy) is 1. The molecule has 1 heterocycles. The molecule has 146 valence electrons. The zero-order valence-electron chi connectivity index (χ0n) is 16.3. The normalized spacial score (nSPS) is 11.9. The molecule has 0 aliphatic heterocycles. The molecule has 0 fully saturated rings. The van der Waals surface area contributed by atoms with Crippen molar-refractivity contribution < 1.29 is 9.53 Å². The van der Waals surface area contributed by atoms with Gasteiger partial charge < -0.3 is 15.0 Å². The lowest BCUT2D eigenvalue weighted by Gasteiger charge is -2.15. The van der Waals surface area contributed by atoms with E-state index in [0.717, 1.165) is 41.0 Å². The predicted molar refractivity (Wildman–Crippen MR) is 115 cm³/mol. The standard InChI is InChI=1S/C24H23N3O2/c1-17(29-20-10-3-2-4-11-20)24(28)25-19-9-7-8-18(16-19)14-15-23-26-21-12-5-6-13-22(21)27-23/h2-13,16-17H,14-15H2,1H3,(H,25,28)(H,26,27). The Kier molecular flexibility index (Phi) is 5.56. The number of benzene rings is 3. The van der Waals surface area contributed by atoms with E-state index >= 15 is 0 Å². The largest absolute Gasteiger partial charge is 0.481 e. The average molecular weight is 385 g/mol. The van der Waals surface area contributed by atoms with E-state index in [4.69, 9.17) is 4.74 Å². The molecule has 4 rings (SSSR count). The zero-order valence-corrected chi connectivity index (χ0v) is 16.3. The lowest BCUT2D eigenvalue weighted by molar-refractivity contribution is -0.122. The summed E-state index contributed by atoms with van der Waals surface area (Å²) in [4.78, 5) is 20.4. The third kappa shape index (κ3) is 4.82. The fraction of sp³-hybridized carbons (Fsp3) is 0.167. The van der Waals surface area contributed by atoms with Gasteiger partial charge in [-0.3, -0.25) is 4.79 Å². The molecule has 5 heteroatoms.